The fourth-order valence-electron chi connectivity index (χ4n) is 2.54. The number of halogens is 2. The van der Waals surface area contributed by atoms with Gasteiger partial charge in [0.15, 0.2) is 0 Å². The van der Waals surface area contributed by atoms with Gasteiger partial charge in [0.1, 0.15) is 11.3 Å². The summed E-state index contributed by atoms with van der Waals surface area (Å²) >= 11 is 11.9. The van der Waals surface area contributed by atoms with Crippen LogP contribution in [0.15, 0.2) is 45.6 Å². The van der Waals surface area contributed by atoms with Gasteiger partial charge in [-0.05, 0) is 42.8 Å². The van der Waals surface area contributed by atoms with Crippen LogP contribution in [0.1, 0.15) is 11.1 Å². The summed E-state index contributed by atoms with van der Waals surface area (Å²) in [5, 5.41) is 13.6. The van der Waals surface area contributed by atoms with Crippen molar-refractivity contribution in [3.8, 4) is 5.75 Å². The Bertz CT molecular complexity index is 1040. The van der Waals surface area contributed by atoms with Crippen molar-refractivity contribution < 1.29 is 14.3 Å². The van der Waals surface area contributed by atoms with Gasteiger partial charge in [-0.3, -0.25) is 4.79 Å². The second-order valence-electron chi connectivity index (χ2n) is 5.52. The number of benzene rings is 2. The van der Waals surface area contributed by atoms with Crippen LogP contribution in [0.3, 0.4) is 0 Å². The Morgan fingerprint density at radius 3 is 2.72 bits per heavy atom. The van der Waals surface area contributed by atoms with Crippen LogP contribution in [0, 0.1) is 6.92 Å². The van der Waals surface area contributed by atoms with Crippen molar-refractivity contribution in [1.82, 2.24) is 0 Å². The number of anilines is 1. The maximum Gasteiger partial charge on any atom is 0.340 e. The van der Waals surface area contributed by atoms with Crippen molar-refractivity contribution in [1.29, 1.82) is 0 Å². The van der Waals surface area contributed by atoms with Crippen LogP contribution in [-0.2, 0) is 11.2 Å². The zero-order chi connectivity index (χ0) is 18.1. The summed E-state index contributed by atoms with van der Waals surface area (Å²) in [6.07, 6.45) is -0.173. The molecule has 2 aromatic carbocycles. The third-order valence-corrected chi connectivity index (χ3v) is 4.38. The lowest BCUT2D eigenvalue weighted by Gasteiger charge is -2.10. The van der Waals surface area contributed by atoms with Crippen LogP contribution < -0.4 is 10.9 Å². The maximum atomic E-state index is 12.3. The molecule has 0 saturated heterocycles. The zero-order valence-electron chi connectivity index (χ0n) is 13.1. The molecule has 25 heavy (non-hydrogen) atoms. The minimum absolute atomic E-state index is 0.00357. The van der Waals surface area contributed by atoms with E-state index in [0.29, 0.717) is 26.7 Å². The van der Waals surface area contributed by atoms with Crippen LogP contribution in [0.5, 0.6) is 5.75 Å². The summed E-state index contributed by atoms with van der Waals surface area (Å²) in [6.45, 7) is 1.73. The van der Waals surface area contributed by atoms with Gasteiger partial charge >= 0.3 is 5.63 Å². The minimum atomic E-state index is -0.622. The molecule has 0 bridgehead atoms. The molecule has 1 heterocycles. The number of hydrogen-bond donors (Lipinski definition) is 2. The normalized spacial score (nSPS) is 10.8. The van der Waals surface area contributed by atoms with Gasteiger partial charge in [-0.2, -0.15) is 0 Å². The summed E-state index contributed by atoms with van der Waals surface area (Å²) in [4.78, 5) is 24.5. The van der Waals surface area contributed by atoms with Crippen molar-refractivity contribution in [2.45, 2.75) is 13.3 Å². The molecule has 0 atom stereocenters. The summed E-state index contributed by atoms with van der Waals surface area (Å²) in [6, 6.07) is 9.20. The molecule has 0 saturated carbocycles. The van der Waals surface area contributed by atoms with Crippen LogP contribution in [0.4, 0.5) is 5.69 Å². The molecule has 0 fully saturated rings. The van der Waals surface area contributed by atoms with E-state index in [9.17, 15) is 14.7 Å². The highest BCUT2D eigenvalue weighted by molar-refractivity contribution is 6.35. The van der Waals surface area contributed by atoms with Crippen molar-refractivity contribution in [2.24, 2.45) is 0 Å². The van der Waals surface area contributed by atoms with E-state index in [1.165, 1.54) is 18.2 Å². The summed E-state index contributed by atoms with van der Waals surface area (Å²) < 4.78 is 5.21. The smallest absolute Gasteiger partial charge is 0.340 e. The summed E-state index contributed by atoms with van der Waals surface area (Å²) in [5.41, 5.74) is 0.881. The standard InChI is InChI=1S/C18H13Cl2NO4/c1-9-12-4-3-11(22)7-16(12)25-18(24)13(9)8-17(23)21-15-6-10(19)2-5-14(15)20/h2-7,22H,8H2,1H3,(H,21,23). The van der Waals surface area contributed by atoms with E-state index in [4.69, 9.17) is 27.6 Å². The Labute approximate surface area is 152 Å². The zero-order valence-corrected chi connectivity index (χ0v) is 14.6. The Morgan fingerprint density at radius 2 is 1.96 bits per heavy atom. The lowest BCUT2D eigenvalue weighted by molar-refractivity contribution is -0.115. The van der Waals surface area contributed by atoms with Crippen molar-refractivity contribution in [3.63, 3.8) is 0 Å². The first-order valence-corrected chi connectivity index (χ1v) is 8.11. The molecule has 1 aromatic heterocycles. The average molecular weight is 378 g/mol. The fraction of sp³-hybridized carbons (Fsp3) is 0.111. The third-order valence-electron chi connectivity index (χ3n) is 3.81. The molecule has 2 N–H and O–H groups in total. The second-order valence-corrected chi connectivity index (χ2v) is 6.37. The van der Waals surface area contributed by atoms with E-state index in [1.807, 2.05) is 0 Å². The van der Waals surface area contributed by atoms with Crippen molar-refractivity contribution >= 4 is 45.8 Å². The monoisotopic (exact) mass is 377 g/mol. The van der Waals surface area contributed by atoms with Gasteiger partial charge in [0.25, 0.3) is 0 Å². The number of amides is 1. The predicted octanol–water partition coefficient (Wildman–Crippen LogP) is 4.30. The van der Waals surface area contributed by atoms with Gasteiger partial charge in [0.2, 0.25) is 5.91 Å². The summed E-state index contributed by atoms with van der Waals surface area (Å²) in [5.74, 6) is -0.422. The number of fused-ring (bicyclic) bond motifs is 1. The number of phenolic OH excluding ortho intramolecular Hbond substituents is 1. The molecule has 0 spiro atoms. The number of carbonyl (C=O) groups excluding carboxylic acids is 1. The number of carbonyl (C=O) groups is 1. The Balaban J connectivity index is 1.92. The van der Waals surface area contributed by atoms with E-state index in [-0.39, 0.29) is 23.3 Å². The van der Waals surface area contributed by atoms with Crippen LogP contribution >= 0.6 is 23.2 Å². The summed E-state index contributed by atoms with van der Waals surface area (Å²) in [7, 11) is 0. The lowest BCUT2D eigenvalue weighted by atomic mass is 10.0. The Kier molecular flexibility index (Phi) is 4.70. The van der Waals surface area contributed by atoms with Crippen LogP contribution in [0.25, 0.3) is 11.0 Å². The topological polar surface area (TPSA) is 79.5 Å². The molecule has 7 heteroatoms. The number of aryl methyl sites for hydroxylation is 1. The molecule has 0 aliphatic carbocycles. The van der Waals surface area contributed by atoms with E-state index in [2.05, 4.69) is 5.32 Å². The quantitative estimate of drug-likeness (QED) is 0.667. The number of aromatic hydroxyl groups is 1. The average Bonchev–Trinajstić information content (AvgIpc) is 2.54. The van der Waals surface area contributed by atoms with E-state index in [0.717, 1.165) is 0 Å². The first kappa shape index (κ1) is 17.3. The van der Waals surface area contributed by atoms with Crippen LogP contribution in [-0.4, -0.2) is 11.0 Å². The SMILES string of the molecule is Cc1c(CC(=O)Nc2cc(Cl)ccc2Cl)c(=O)oc2cc(O)ccc12. The molecule has 0 aliphatic heterocycles. The lowest BCUT2D eigenvalue weighted by Crippen LogP contribution is -2.20. The van der Waals surface area contributed by atoms with Crippen molar-refractivity contribution in [3.05, 3.63) is 68.0 Å². The van der Waals surface area contributed by atoms with Gasteiger partial charge in [0.05, 0.1) is 22.7 Å². The highest BCUT2D eigenvalue weighted by atomic mass is 35.5. The molecule has 0 unspecified atom stereocenters. The van der Waals surface area contributed by atoms with Gasteiger partial charge in [0, 0.05) is 16.5 Å². The van der Waals surface area contributed by atoms with E-state index < -0.39 is 11.5 Å². The molecule has 1 amide bonds. The maximum absolute atomic E-state index is 12.3. The molecular weight excluding hydrogens is 365 g/mol. The fourth-order valence-corrected chi connectivity index (χ4v) is 2.87. The molecule has 3 rings (SSSR count). The number of phenols is 1. The number of hydrogen-bond acceptors (Lipinski definition) is 4. The largest absolute Gasteiger partial charge is 0.508 e. The number of nitrogens with one attached hydrogen (secondary N) is 1. The molecule has 3 aromatic rings. The number of rotatable bonds is 3. The van der Waals surface area contributed by atoms with Crippen molar-refractivity contribution in [2.75, 3.05) is 5.32 Å². The van der Waals surface area contributed by atoms with Crippen LogP contribution in [0.2, 0.25) is 10.0 Å². The van der Waals surface area contributed by atoms with Gasteiger partial charge in [-0.15, -0.1) is 0 Å². The van der Waals surface area contributed by atoms with E-state index >= 15 is 0 Å². The molecule has 5 nitrogen and oxygen atoms in total. The predicted molar refractivity (Wildman–Crippen MR) is 97.7 cm³/mol. The van der Waals surface area contributed by atoms with Gasteiger partial charge in [-0.25, -0.2) is 4.79 Å². The highest BCUT2D eigenvalue weighted by Gasteiger charge is 2.16. The Morgan fingerprint density at radius 1 is 1.20 bits per heavy atom. The molecule has 128 valence electrons. The van der Waals surface area contributed by atoms with Gasteiger partial charge in [-0.1, -0.05) is 23.2 Å². The highest BCUT2D eigenvalue weighted by Crippen LogP contribution is 2.26. The van der Waals surface area contributed by atoms with Gasteiger partial charge < -0.3 is 14.8 Å². The van der Waals surface area contributed by atoms with E-state index in [1.54, 1.807) is 25.1 Å². The Hall–Kier alpha value is -2.50. The molecule has 0 radical (unpaired) electrons. The third kappa shape index (κ3) is 3.62. The minimum Gasteiger partial charge on any atom is -0.508 e. The molecular formula is C18H13Cl2NO4. The molecule has 0 aliphatic rings. The second kappa shape index (κ2) is 6.78. The first-order chi connectivity index (χ1) is 11.8. The first-order valence-electron chi connectivity index (χ1n) is 7.35.